The third-order valence-electron chi connectivity index (χ3n) is 3.07. The van der Waals surface area contributed by atoms with Gasteiger partial charge in [-0.25, -0.2) is 4.98 Å². The van der Waals surface area contributed by atoms with Crippen LogP contribution in [0, 0.1) is 6.92 Å². The molecule has 0 bridgehead atoms. The molecule has 0 aliphatic rings. The fourth-order valence-corrected chi connectivity index (χ4v) is 2.02. The quantitative estimate of drug-likeness (QED) is 0.867. The van der Waals surface area contributed by atoms with Crippen molar-refractivity contribution in [1.82, 2.24) is 9.88 Å². The molecule has 1 aromatic heterocycles. The average molecular weight is 260 g/mol. The highest BCUT2D eigenvalue weighted by Crippen LogP contribution is 2.16. The molecule has 1 aromatic carbocycles. The normalized spacial score (nSPS) is 12.8. The van der Waals surface area contributed by atoms with Gasteiger partial charge >= 0.3 is 0 Å². The van der Waals surface area contributed by atoms with Crippen LogP contribution in [0.1, 0.15) is 29.7 Å². The van der Waals surface area contributed by atoms with Gasteiger partial charge in [-0.3, -0.25) is 0 Å². The molecule has 0 unspecified atom stereocenters. The number of hydrogen-bond donors (Lipinski definition) is 1. The van der Waals surface area contributed by atoms with Crippen LogP contribution < -0.4 is 0 Å². The largest absolute Gasteiger partial charge is 0.449 e. The summed E-state index contributed by atoms with van der Waals surface area (Å²) in [6.45, 7) is 3.38. The Morgan fingerprint density at radius 3 is 2.68 bits per heavy atom. The van der Waals surface area contributed by atoms with Crippen LogP contribution in [0.25, 0.3) is 0 Å². The molecule has 0 aliphatic heterocycles. The maximum atomic E-state index is 10.1. The van der Waals surface area contributed by atoms with Crippen LogP contribution in [0.15, 0.2) is 41.0 Å². The van der Waals surface area contributed by atoms with E-state index in [9.17, 15) is 5.11 Å². The minimum absolute atomic E-state index is 0.414. The van der Waals surface area contributed by atoms with Crippen molar-refractivity contribution in [2.45, 2.75) is 26.0 Å². The van der Waals surface area contributed by atoms with E-state index >= 15 is 0 Å². The molecule has 2 aromatic rings. The van der Waals surface area contributed by atoms with Crippen molar-refractivity contribution in [3.05, 3.63) is 53.7 Å². The number of nitrogens with zero attached hydrogens (tertiary/aromatic N) is 2. The number of aromatic nitrogens is 1. The molecule has 102 valence electrons. The van der Waals surface area contributed by atoms with Crippen molar-refractivity contribution in [3.63, 3.8) is 0 Å². The van der Waals surface area contributed by atoms with Gasteiger partial charge in [-0.15, -0.1) is 0 Å². The topological polar surface area (TPSA) is 49.5 Å². The fraction of sp³-hybridized carbons (Fsp3) is 0.400. The van der Waals surface area contributed by atoms with Crippen LogP contribution >= 0.6 is 0 Å². The zero-order chi connectivity index (χ0) is 13.7. The summed E-state index contributed by atoms with van der Waals surface area (Å²) in [5, 5.41) is 10.1. The number of oxazole rings is 1. The third kappa shape index (κ3) is 4.19. The lowest BCUT2D eigenvalue weighted by Gasteiger charge is -2.17. The number of rotatable bonds is 6. The summed E-state index contributed by atoms with van der Waals surface area (Å²) in [6, 6.07) is 9.74. The molecular weight excluding hydrogens is 240 g/mol. The molecule has 1 atom stereocenters. The number of aryl methyl sites for hydroxylation is 1. The first-order valence-corrected chi connectivity index (χ1v) is 6.47. The molecule has 1 heterocycles. The fourth-order valence-electron chi connectivity index (χ4n) is 2.02. The monoisotopic (exact) mass is 260 g/mol. The van der Waals surface area contributed by atoms with E-state index in [0.717, 1.165) is 24.3 Å². The minimum atomic E-state index is -0.414. The van der Waals surface area contributed by atoms with E-state index in [2.05, 4.69) is 9.88 Å². The Morgan fingerprint density at radius 1 is 1.32 bits per heavy atom. The van der Waals surface area contributed by atoms with Crippen LogP contribution in [0.3, 0.4) is 0 Å². The zero-order valence-corrected chi connectivity index (χ0v) is 11.4. The zero-order valence-electron chi connectivity index (χ0n) is 11.4. The molecule has 0 radical (unpaired) electrons. The van der Waals surface area contributed by atoms with Crippen LogP contribution in [-0.2, 0) is 6.54 Å². The van der Waals surface area contributed by atoms with Gasteiger partial charge in [-0.05, 0) is 19.0 Å². The third-order valence-corrected chi connectivity index (χ3v) is 3.07. The number of benzene rings is 1. The Balaban J connectivity index is 1.79. The van der Waals surface area contributed by atoms with Gasteiger partial charge in [0.05, 0.1) is 11.8 Å². The first-order valence-electron chi connectivity index (χ1n) is 6.47. The van der Waals surface area contributed by atoms with Gasteiger partial charge in [0, 0.05) is 20.0 Å². The molecule has 1 N–H and O–H groups in total. The van der Waals surface area contributed by atoms with E-state index in [1.807, 2.05) is 44.3 Å². The predicted molar refractivity (Wildman–Crippen MR) is 73.6 cm³/mol. The van der Waals surface area contributed by atoms with Crippen LogP contribution in [-0.4, -0.2) is 28.6 Å². The molecule has 0 amide bonds. The smallest absolute Gasteiger partial charge is 0.191 e. The summed E-state index contributed by atoms with van der Waals surface area (Å²) in [5.41, 5.74) is 1.89. The second-order valence-electron chi connectivity index (χ2n) is 4.81. The van der Waals surface area contributed by atoms with Gasteiger partial charge < -0.3 is 14.4 Å². The Kier molecular flexibility index (Phi) is 4.71. The standard InChI is InChI=1S/C15H20N2O2/c1-12-16-14(11-19-12)10-17(2)9-8-15(18)13-6-4-3-5-7-13/h3-7,11,15,18H,8-10H2,1-2H3/t15-/m1/s1. The maximum Gasteiger partial charge on any atom is 0.191 e. The summed E-state index contributed by atoms with van der Waals surface area (Å²) in [4.78, 5) is 6.39. The summed E-state index contributed by atoms with van der Waals surface area (Å²) in [6.07, 6.45) is 1.97. The van der Waals surface area contributed by atoms with Crippen molar-refractivity contribution in [2.24, 2.45) is 0 Å². The number of aliphatic hydroxyl groups is 1. The molecule has 0 fully saturated rings. The van der Waals surface area contributed by atoms with E-state index in [-0.39, 0.29) is 0 Å². The molecular formula is C15H20N2O2. The lowest BCUT2D eigenvalue weighted by molar-refractivity contribution is 0.147. The lowest BCUT2D eigenvalue weighted by Crippen LogP contribution is -2.21. The van der Waals surface area contributed by atoms with E-state index < -0.39 is 6.10 Å². The van der Waals surface area contributed by atoms with E-state index in [0.29, 0.717) is 12.3 Å². The first kappa shape index (κ1) is 13.8. The summed E-state index contributed by atoms with van der Waals surface area (Å²) in [7, 11) is 2.02. The maximum absolute atomic E-state index is 10.1. The first-order chi connectivity index (χ1) is 9.15. The Bertz CT molecular complexity index is 496. The van der Waals surface area contributed by atoms with E-state index in [1.165, 1.54) is 0 Å². The molecule has 0 aliphatic carbocycles. The molecule has 19 heavy (non-hydrogen) atoms. The van der Waals surface area contributed by atoms with Crippen molar-refractivity contribution in [3.8, 4) is 0 Å². The van der Waals surface area contributed by atoms with Crippen molar-refractivity contribution < 1.29 is 9.52 Å². The highest BCUT2D eigenvalue weighted by molar-refractivity contribution is 5.17. The van der Waals surface area contributed by atoms with Crippen molar-refractivity contribution in [1.29, 1.82) is 0 Å². The predicted octanol–water partition coefficient (Wildman–Crippen LogP) is 2.54. The number of aliphatic hydroxyl groups excluding tert-OH is 1. The molecule has 2 rings (SSSR count). The van der Waals surface area contributed by atoms with Gasteiger partial charge in [0.15, 0.2) is 5.89 Å². The highest BCUT2D eigenvalue weighted by Gasteiger charge is 2.10. The molecule has 0 spiro atoms. The van der Waals surface area contributed by atoms with E-state index in [4.69, 9.17) is 4.42 Å². The molecule has 4 heteroatoms. The van der Waals surface area contributed by atoms with Gasteiger partial charge in [0.2, 0.25) is 0 Å². The van der Waals surface area contributed by atoms with Gasteiger partial charge in [-0.2, -0.15) is 0 Å². The Morgan fingerprint density at radius 2 is 2.05 bits per heavy atom. The second kappa shape index (κ2) is 6.50. The van der Waals surface area contributed by atoms with Crippen LogP contribution in [0.2, 0.25) is 0 Å². The van der Waals surface area contributed by atoms with Crippen molar-refractivity contribution in [2.75, 3.05) is 13.6 Å². The summed E-state index contributed by atoms with van der Waals surface area (Å²) in [5.74, 6) is 0.688. The van der Waals surface area contributed by atoms with Crippen molar-refractivity contribution >= 4 is 0 Å². The number of hydrogen-bond acceptors (Lipinski definition) is 4. The van der Waals surface area contributed by atoms with Crippen LogP contribution in [0.5, 0.6) is 0 Å². The van der Waals surface area contributed by atoms with Gasteiger partial charge in [0.25, 0.3) is 0 Å². The molecule has 0 saturated carbocycles. The lowest BCUT2D eigenvalue weighted by atomic mass is 10.1. The molecule has 0 saturated heterocycles. The van der Waals surface area contributed by atoms with Gasteiger partial charge in [-0.1, -0.05) is 30.3 Å². The highest BCUT2D eigenvalue weighted by atomic mass is 16.3. The van der Waals surface area contributed by atoms with Crippen LogP contribution in [0.4, 0.5) is 0 Å². The SMILES string of the molecule is Cc1nc(CN(C)CC[C@@H](O)c2ccccc2)co1. The van der Waals surface area contributed by atoms with Gasteiger partial charge in [0.1, 0.15) is 6.26 Å². The average Bonchev–Trinajstić information content (AvgIpc) is 2.82. The second-order valence-corrected chi connectivity index (χ2v) is 4.81. The minimum Gasteiger partial charge on any atom is -0.449 e. The summed E-state index contributed by atoms with van der Waals surface area (Å²) >= 11 is 0. The van der Waals surface area contributed by atoms with E-state index in [1.54, 1.807) is 6.26 Å². The molecule has 4 nitrogen and oxygen atoms in total. The Labute approximate surface area is 113 Å². The Hall–Kier alpha value is -1.65. The summed E-state index contributed by atoms with van der Waals surface area (Å²) < 4.78 is 5.17.